The molecule has 0 spiro atoms. The van der Waals surface area contributed by atoms with Crippen molar-refractivity contribution in [3.63, 3.8) is 0 Å². The summed E-state index contributed by atoms with van der Waals surface area (Å²) >= 11 is 5.65. The van der Waals surface area contributed by atoms with E-state index in [0.29, 0.717) is 12.1 Å². The third kappa shape index (κ3) is 2.58. The van der Waals surface area contributed by atoms with Gasteiger partial charge in [-0.2, -0.15) is 0 Å². The number of anilines is 1. The molecule has 0 aromatic carbocycles. The summed E-state index contributed by atoms with van der Waals surface area (Å²) in [6.07, 6.45) is 3.14. The van der Waals surface area contributed by atoms with Gasteiger partial charge in [-0.1, -0.05) is 0 Å². The van der Waals surface area contributed by atoms with Crippen LogP contribution in [-0.2, 0) is 12.4 Å². The van der Waals surface area contributed by atoms with Gasteiger partial charge in [0.05, 0.1) is 18.7 Å². The van der Waals surface area contributed by atoms with Gasteiger partial charge in [0.2, 0.25) is 0 Å². The van der Waals surface area contributed by atoms with Crippen LogP contribution >= 0.6 is 11.6 Å². The van der Waals surface area contributed by atoms with Crippen LogP contribution in [0.1, 0.15) is 11.3 Å². The minimum atomic E-state index is -0.378. The van der Waals surface area contributed by atoms with Gasteiger partial charge in [0.1, 0.15) is 5.76 Å². The first-order chi connectivity index (χ1) is 8.22. The van der Waals surface area contributed by atoms with Gasteiger partial charge in [0.15, 0.2) is 11.6 Å². The van der Waals surface area contributed by atoms with Crippen LogP contribution < -0.4 is 4.90 Å². The highest BCUT2D eigenvalue weighted by Crippen LogP contribution is 2.21. The summed E-state index contributed by atoms with van der Waals surface area (Å²) in [5.74, 6) is 0.789. The molecule has 0 fully saturated rings. The van der Waals surface area contributed by atoms with Crippen molar-refractivity contribution in [2.45, 2.75) is 12.4 Å². The number of aromatic nitrogens is 1. The van der Waals surface area contributed by atoms with Crippen LogP contribution in [0, 0.1) is 5.82 Å². The zero-order valence-corrected chi connectivity index (χ0v) is 10.1. The van der Waals surface area contributed by atoms with Gasteiger partial charge in [-0.3, -0.25) is 0 Å². The maximum atomic E-state index is 13.9. The number of furan rings is 1. The topological polar surface area (TPSA) is 29.3 Å². The Bertz CT molecular complexity index is 487. The number of rotatable bonds is 4. The smallest absolute Gasteiger partial charge is 0.170 e. The first-order valence-corrected chi connectivity index (χ1v) is 5.68. The molecule has 3 nitrogen and oxygen atoms in total. The highest BCUT2D eigenvalue weighted by atomic mass is 35.5. The quantitative estimate of drug-likeness (QED) is 0.785. The van der Waals surface area contributed by atoms with Crippen LogP contribution in [0.25, 0.3) is 0 Å². The SMILES string of the molecule is CN(Cc1ccco1)c1nccc(CCl)c1F. The number of alkyl halides is 1. The Morgan fingerprint density at radius 1 is 1.47 bits per heavy atom. The molecule has 0 aliphatic heterocycles. The molecule has 0 atom stereocenters. The minimum absolute atomic E-state index is 0.135. The molecule has 0 N–H and O–H groups in total. The summed E-state index contributed by atoms with van der Waals surface area (Å²) in [6.45, 7) is 0.461. The van der Waals surface area contributed by atoms with Crippen molar-refractivity contribution < 1.29 is 8.81 Å². The van der Waals surface area contributed by atoms with E-state index in [1.165, 1.54) is 0 Å². The Labute approximate surface area is 104 Å². The maximum Gasteiger partial charge on any atom is 0.170 e. The van der Waals surface area contributed by atoms with Crippen LogP contribution in [0.3, 0.4) is 0 Å². The van der Waals surface area contributed by atoms with E-state index in [0.717, 1.165) is 5.76 Å². The van der Waals surface area contributed by atoms with Crippen LogP contribution in [0.15, 0.2) is 35.1 Å². The summed E-state index contributed by atoms with van der Waals surface area (Å²) < 4.78 is 19.1. The fourth-order valence-corrected chi connectivity index (χ4v) is 1.76. The molecule has 90 valence electrons. The number of hydrogen-bond acceptors (Lipinski definition) is 3. The van der Waals surface area contributed by atoms with Gasteiger partial charge in [0.25, 0.3) is 0 Å². The zero-order chi connectivity index (χ0) is 12.3. The molecular weight excluding hydrogens is 243 g/mol. The Hall–Kier alpha value is -1.55. The lowest BCUT2D eigenvalue weighted by Crippen LogP contribution is -2.19. The highest BCUT2D eigenvalue weighted by Gasteiger charge is 2.13. The Balaban J connectivity index is 2.22. The standard InChI is InChI=1S/C12H12ClFN2O/c1-16(8-10-3-2-6-17-10)12-11(14)9(7-13)4-5-15-12/h2-6H,7-8H2,1H3. The third-order valence-electron chi connectivity index (χ3n) is 2.43. The second-order valence-electron chi connectivity index (χ2n) is 3.68. The summed E-state index contributed by atoms with van der Waals surface area (Å²) in [6, 6.07) is 5.20. The minimum Gasteiger partial charge on any atom is -0.467 e. The maximum absolute atomic E-state index is 13.9. The van der Waals surface area contributed by atoms with E-state index in [2.05, 4.69) is 4.98 Å². The van der Waals surface area contributed by atoms with Gasteiger partial charge < -0.3 is 9.32 Å². The molecule has 2 aromatic rings. The lowest BCUT2D eigenvalue weighted by atomic mass is 10.2. The van der Waals surface area contributed by atoms with E-state index in [4.69, 9.17) is 16.0 Å². The van der Waals surface area contributed by atoms with E-state index in [1.807, 2.05) is 6.07 Å². The fraction of sp³-hybridized carbons (Fsp3) is 0.250. The highest BCUT2D eigenvalue weighted by molar-refractivity contribution is 6.17. The summed E-state index contributed by atoms with van der Waals surface area (Å²) in [4.78, 5) is 5.70. The van der Waals surface area contributed by atoms with Crippen LogP contribution in [0.2, 0.25) is 0 Å². The third-order valence-corrected chi connectivity index (χ3v) is 2.72. The number of nitrogens with zero attached hydrogens (tertiary/aromatic N) is 2. The largest absolute Gasteiger partial charge is 0.467 e. The molecule has 17 heavy (non-hydrogen) atoms. The lowest BCUT2D eigenvalue weighted by molar-refractivity contribution is 0.504. The van der Waals surface area contributed by atoms with Gasteiger partial charge >= 0.3 is 0 Å². The first kappa shape index (κ1) is 11.9. The van der Waals surface area contributed by atoms with E-state index in [9.17, 15) is 4.39 Å². The van der Waals surface area contributed by atoms with Gasteiger partial charge in [-0.25, -0.2) is 9.37 Å². The molecular formula is C12H12ClFN2O. The van der Waals surface area contributed by atoms with E-state index < -0.39 is 0 Å². The van der Waals surface area contributed by atoms with Gasteiger partial charge in [-0.15, -0.1) is 11.6 Å². The molecule has 0 radical (unpaired) electrons. The van der Waals surface area contributed by atoms with Crippen molar-refractivity contribution in [2.75, 3.05) is 11.9 Å². The molecule has 0 unspecified atom stereocenters. The normalized spacial score (nSPS) is 10.5. The predicted molar refractivity (Wildman–Crippen MR) is 64.6 cm³/mol. The molecule has 2 aromatic heterocycles. The molecule has 0 amide bonds. The van der Waals surface area contributed by atoms with Crippen LogP contribution in [0.4, 0.5) is 10.2 Å². The Kier molecular flexibility index (Phi) is 3.64. The molecule has 2 rings (SSSR count). The van der Waals surface area contributed by atoms with Gasteiger partial charge in [0, 0.05) is 18.8 Å². The summed E-state index contributed by atoms with van der Waals surface area (Å²) in [5, 5.41) is 0. The van der Waals surface area contributed by atoms with Crippen molar-refractivity contribution in [1.82, 2.24) is 4.98 Å². The molecule has 0 bridgehead atoms. The molecule has 0 saturated carbocycles. The second kappa shape index (κ2) is 5.19. The molecule has 0 aliphatic carbocycles. The van der Waals surface area contributed by atoms with Crippen molar-refractivity contribution in [3.05, 3.63) is 47.8 Å². The summed E-state index contributed by atoms with van der Waals surface area (Å²) in [5.41, 5.74) is 0.447. The van der Waals surface area contributed by atoms with Crippen LogP contribution in [-0.4, -0.2) is 12.0 Å². The second-order valence-corrected chi connectivity index (χ2v) is 3.94. The number of hydrogen-bond donors (Lipinski definition) is 0. The number of pyridine rings is 1. The average molecular weight is 255 g/mol. The van der Waals surface area contributed by atoms with Gasteiger partial charge in [-0.05, 0) is 18.2 Å². The molecule has 0 aliphatic rings. The number of halogens is 2. The molecule has 2 heterocycles. The van der Waals surface area contributed by atoms with E-state index in [1.54, 1.807) is 36.5 Å². The Morgan fingerprint density at radius 3 is 2.94 bits per heavy atom. The fourth-order valence-electron chi connectivity index (χ4n) is 1.55. The van der Waals surface area contributed by atoms with Crippen molar-refractivity contribution >= 4 is 17.4 Å². The van der Waals surface area contributed by atoms with Crippen LogP contribution in [0.5, 0.6) is 0 Å². The van der Waals surface area contributed by atoms with E-state index >= 15 is 0 Å². The molecule has 5 heteroatoms. The Morgan fingerprint density at radius 2 is 2.29 bits per heavy atom. The van der Waals surface area contributed by atoms with Crippen molar-refractivity contribution in [3.8, 4) is 0 Å². The first-order valence-electron chi connectivity index (χ1n) is 5.15. The van der Waals surface area contributed by atoms with E-state index in [-0.39, 0.29) is 17.5 Å². The van der Waals surface area contributed by atoms with Crippen molar-refractivity contribution in [2.24, 2.45) is 0 Å². The predicted octanol–water partition coefficient (Wildman–Crippen LogP) is 3.19. The zero-order valence-electron chi connectivity index (χ0n) is 9.36. The average Bonchev–Trinajstić information content (AvgIpc) is 2.82. The molecule has 0 saturated heterocycles. The summed E-state index contributed by atoms with van der Waals surface area (Å²) in [7, 11) is 1.76. The lowest BCUT2D eigenvalue weighted by Gasteiger charge is -2.18. The van der Waals surface area contributed by atoms with Crippen molar-refractivity contribution in [1.29, 1.82) is 0 Å². The monoisotopic (exact) mass is 254 g/mol.